The summed E-state index contributed by atoms with van der Waals surface area (Å²) >= 11 is 6.49. The summed E-state index contributed by atoms with van der Waals surface area (Å²) in [5, 5.41) is 1.26. The minimum Gasteiger partial charge on any atom is -0.405 e. The van der Waals surface area contributed by atoms with Gasteiger partial charge in [0.15, 0.2) is 0 Å². The van der Waals surface area contributed by atoms with Crippen molar-refractivity contribution in [1.82, 2.24) is 7.94 Å². The van der Waals surface area contributed by atoms with Crippen molar-refractivity contribution in [2.45, 2.75) is 123 Å². The highest BCUT2D eigenvalue weighted by Crippen LogP contribution is 2.43. The van der Waals surface area contributed by atoms with Gasteiger partial charge in [0.05, 0.1) is 63.4 Å². The van der Waals surface area contributed by atoms with Crippen molar-refractivity contribution < 1.29 is 66.4 Å². The molecule has 0 spiro atoms. The van der Waals surface area contributed by atoms with Crippen LogP contribution in [0.25, 0.3) is 27.9 Å². The Balaban J connectivity index is 0.000000177. The summed E-state index contributed by atoms with van der Waals surface area (Å²) in [6.07, 6.45) is 10.8. The fourth-order valence-corrected chi connectivity index (χ4v) is 10.1. The second-order valence-electron chi connectivity index (χ2n) is 20.6. The van der Waals surface area contributed by atoms with Crippen LogP contribution in [-0.4, -0.2) is 107 Å². The first-order valence-corrected chi connectivity index (χ1v) is 30.3. The van der Waals surface area contributed by atoms with E-state index >= 15 is 0 Å². The number of nitrogens with zero attached hydrogens (tertiary/aromatic N) is 2. The maximum atomic E-state index is 14.1. The molecule has 1 aliphatic carbocycles. The van der Waals surface area contributed by atoms with E-state index < -0.39 is 73.1 Å². The van der Waals surface area contributed by atoms with Gasteiger partial charge < -0.3 is 27.9 Å². The monoisotopic (exact) mass is 1210 g/mol. The van der Waals surface area contributed by atoms with Gasteiger partial charge in [0, 0.05) is 42.8 Å². The van der Waals surface area contributed by atoms with Gasteiger partial charge in [-0.25, -0.2) is 46.4 Å². The van der Waals surface area contributed by atoms with Gasteiger partial charge in [-0.05, 0) is 171 Å². The van der Waals surface area contributed by atoms with Gasteiger partial charge in [-0.1, -0.05) is 28.1 Å². The van der Waals surface area contributed by atoms with Gasteiger partial charge >= 0.3 is 21.1 Å². The predicted molar refractivity (Wildman–Crippen MR) is 287 cm³/mol. The van der Waals surface area contributed by atoms with Crippen LogP contribution < -0.4 is 5.46 Å². The number of aromatic nitrogens is 2. The highest BCUT2D eigenvalue weighted by atomic mass is 79.9. The van der Waals surface area contributed by atoms with Crippen LogP contribution in [0.4, 0.5) is 13.2 Å². The van der Waals surface area contributed by atoms with E-state index in [0.29, 0.717) is 26.2 Å². The molecule has 0 saturated carbocycles. The summed E-state index contributed by atoms with van der Waals surface area (Å²) in [5.41, 5.74) is 0.724. The van der Waals surface area contributed by atoms with Crippen LogP contribution in [0.5, 0.6) is 0 Å². The van der Waals surface area contributed by atoms with Crippen molar-refractivity contribution >= 4 is 126 Å². The molecule has 2 aromatic heterocycles. The molecule has 0 radical (unpaired) electrons. The average Bonchev–Trinajstić information content (AvgIpc) is 4.02. The maximum absolute atomic E-state index is 14.1. The molecule has 5 heterocycles. The number of fused-ring (bicyclic) bond motifs is 3. The Morgan fingerprint density at radius 3 is 1.31 bits per heavy atom. The Kier molecular flexibility index (Phi) is 17.6. The number of hydrogen-bond donors (Lipinski definition) is 0. The van der Waals surface area contributed by atoms with Crippen molar-refractivity contribution in [3.8, 4) is 0 Å². The molecule has 9 rings (SSSR count). The molecule has 5 aromatic rings. The first kappa shape index (κ1) is 60.2. The van der Waals surface area contributed by atoms with Crippen molar-refractivity contribution in [2.24, 2.45) is 0 Å². The third-order valence-electron chi connectivity index (χ3n) is 13.2. The van der Waals surface area contributed by atoms with Crippen molar-refractivity contribution in [3.05, 3.63) is 105 Å². The summed E-state index contributed by atoms with van der Waals surface area (Å²) in [7, 11) is -7.31. The molecular weight excluding hydrogens is 1150 g/mol. The highest BCUT2D eigenvalue weighted by molar-refractivity contribution is 9.11. The van der Waals surface area contributed by atoms with Crippen LogP contribution in [0, 0.1) is 17.5 Å². The molecule has 0 atom stereocenters. The van der Waals surface area contributed by atoms with E-state index in [4.69, 9.17) is 27.9 Å². The van der Waals surface area contributed by atoms with Gasteiger partial charge in [0.2, 0.25) is 29.1 Å². The minimum absolute atomic E-state index is 0.167. The van der Waals surface area contributed by atoms with Crippen LogP contribution in [-0.2, 0) is 63.4 Å². The highest BCUT2D eigenvalue weighted by Gasteiger charge is 2.63. The zero-order valence-corrected chi connectivity index (χ0v) is 49.0. The number of halogens is 6. The molecule has 26 heteroatoms. The summed E-state index contributed by atoms with van der Waals surface area (Å²) in [5.74, 6) is -1.18. The molecule has 3 fully saturated rings. The lowest BCUT2D eigenvalue weighted by atomic mass is 9.49. The Labute approximate surface area is 443 Å². The number of allylic oxidation sites excluding steroid dienone is 1. The lowest BCUT2D eigenvalue weighted by Crippen LogP contribution is -2.41. The largest absolute Gasteiger partial charge is 0.495 e. The van der Waals surface area contributed by atoms with E-state index in [0.717, 1.165) is 48.7 Å². The number of rotatable bonds is 4. The predicted octanol–water partition coefficient (Wildman–Crippen LogP) is 9.83. The molecule has 3 aliphatic heterocycles. The van der Waals surface area contributed by atoms with Crippen LogP contribution in [0.1, 0.15) is 94.2 Å². The number of benzene rings is 3. The third-order valence-corrected chi connectivity index (χ3v) is 16.6. The standard InChI is InChI=1S/C15H19BFNO4S.C12H24B2O4.C9H7BrFNO2S.C9H6BrF.CH3ClO2S/c1-14(2)15(3,4)22-16(21-14)12-8-10(17)9-13-11(12)6-7-18(13)23(5,19)20;1-9(2)10(3,4)16-13(15-9)14-17-11(5,6)12(7,8)18-14;1-15(13,14)12-3-2-7-8(10)4-6(11)5-9(7)12;10-9-5-7(11)4-6-2-1-3-8(6)9;1-5(2,3)4/h6-9H,1-5H3;1-8H3;2-5H,1H3;1,3-5H,2H2;1H3. The number of hydrogen-bond acceptors (Lipinski definition) is 12. The molecule has 14 nitrogen and oxygen atoms in total. The molecule has 0 bridgehead atoms. The van der Waals surface area contributed by atoms with E-state index in [1.54, 1.807) is 18.2 Å². The molecule has 394 valence electrons. The van der Waals surface area contributed by atoms with Crippen LogP contribution in [0.15, 0.2) is 75.9 Å². The lowest BCUT2D eigenvalue weighted by molar-refractivity contribution is 0.00578. The van der Waals surface area contributed by atoms with Gasteiger partial charge in [-0.2, -0.15) is 0 Å². The fraction of sp³-hybridized carbons (Fsp3) is 0.478. The summed E-state index contributed by atoms with van der Waals surface area (Å²) < 4.78 is 144. The molecule has 0 unspecified atom stereocenters. The Morgan fingerprint density at radius 2 is 0.889 bits per heavy atom. The molecular formula is C46H59B3Br2ClF3N2O12S3. The van der Waals surface area contributed by atoms with E-state index in [1.165, 1.54) is 42.7 Å². The molecule has 4 aliphatic rings. The first-order chi connectivity index (χ1) is 32.5. The fourth-order valence-electron chi connectivity index (χ4n) is 7.39. The third kappa shape index (κ3) is 13.8. The molecule has 0 amide bonds. The van der Waals surface area contributed by atoms with Crippen LogP contribution in [0.3, 0.4) is 0 Å². The molecule has 0 N–H and O–H groups in total. The molecule has 3 saturated heterocycles. The van der Waals surface area contributed by atoms with Crippen LogP contribution in [0.2, 0.25) is 0 Å². The van der Waals surface area contributed by atoms with Crippen molar-refractivity contribution in [2.75, 3.05) is 18.8 Å². The SMILES string of the molecule is CC1(C)OB(B2OC(C)(C)C(C)(C)O2)OC1(C)C.CC1(C)OB(c2cc(F)cc3c2ccn3S(C)(=O)=O)OC1(C)C.CS(=O)(=O)Cl.CS(=O)(=O)n1ccc2c(Br)cc(F)cc21.Fc1cc(Br)c2c(c1)CC=C2. The van der Waals surface area contributed by atoms with E-state index in [2.05, 4.69) is 42.5 Å². The lowest BCUT2D eigenvalue weighted by Gasteiger charge is -2.32. The maximum Gasteiger partial charge on any atom is 0.495 e. The normalized spacial score (nSPS) is 19.9. The zero-order valence-electron chi connectivity index (χ0n) is 42.7. The van der Waals surface area contributed by atoms with Gasteiger partial charge in [-0.3, -0.25) is 0 Å². The quantitative estimate of drug-likeness (QED) is 0.124. The van der Waals surface area contributed by atoms with Gasteiger partial charge in [0.1, 0.15) is 17.5 Å². The van der Waals surface area contributed by atoms with Crippen molar-refractivity contribution in [1.29, 1.82) is 0 Å². The van der Waals surface area contributed by atoms with E-state index in [9.17, 15) is 38.4 Å². The Bertz CT molecular complexity index is 3150. The minimum atomic E-state index is -3.52. The smallest absolute Gasteiger partial charge is 0.405 e. The van der Waals surface area contributed by atoms with Gasteiger partial charge in [0.25, 0.3) is 0 Å². The van der Waals surface area contributed by atoms with Gasteiger partial charge in [-0.15, -0.1) is 0 Å². The summed E-state index contributed by atoms with van der Waals surface area (Å²) in [4.78, 5) is 0. The summed E-state index contributed by atoms with van der Waals surface area (Å²) in [6, 6.07) is 11.4. The first-order valence-electron chi connectivity index (χ1n) is 22.3. The molecule has 3 aromatic carbocycles. The Morgan fingerprint density at radius 1 is 0.542 bits per heavy atom. The second-order valence-corrected chi connectivity index (χ2v) is 29.1. The average molecular weight is 1210 g/mol. The Hall–Kier alpha value is -2.68. The second kappa shape index (κ2) is 21.0. The molecule has 72 heavy (non-hydrogen) atoms. The van der Waals surface area contributed by atoms with E-state index in [-0.39, 0.29) is 33.7 Å². The topological polar surface area (TPSA) is 168 Å². The van der Waals surface area contributed by atoms with E-state index in [1.807, 2.05) is 95.2 Å². The zero-order chi connectivity index (χ0) is 54.7. The summed E-state index contributed by atoms with van der Waals surface area (Å²) in [6.45, 7) is 23.8. The van der Waals surface area contributed by atoms with Crippen molar-refractivity contribution in [3.63, 3.8) is 0 Å². The van der Waals surface area contributed by atoms with Crippen LogP contribution >= 0.6 is 42.5 Å².